The molecule has 1 aromatic heterocycles. The van der Waals surface area contributed by atoms with Crippen LogP contribution in [0.1, 0.15) is 48.7 Å². The van der Waals surface area contributed by atoms with E-state index in [0.717, 1.165) is 49.3 Å². The monoisotopic (exact) mass is 356 g/mol. The van der Waals surface area contributed by atoms with E-state index in [-0.39, 0.29) is 5.91 Å². The Hall–Kier alpha value is -2.14. The minimum Gasteiger partial charge on any atom is -0.494 e. The van der Waals surface area contributed by atoms with Gasteiger partial charge in [0.25, 0.3) is 0 Å². The van der Waals surface area contributed by atoms with Gasteiger partial charge in [-0.3, -0.25) is 10.1 Å². The van der Waals surface area contributed by atoms with Crippen molar-refractivity contribution in [3.05, 3.63) is 46.5 Å². The Bertz CT molecular complexity index is 711. The van der Waals surface area contributed by atoms with Gasteiger partial charge in [-0.05, 0) is 55.9 Å². The zero-order chi connectivity index (χ0) is 17.5. The Kier molecular flexibility index (Phi) is 6.23. The van der Waals surface area contributed by atoms with Gasteiger partial charge in [0.05, 0.1) is 12.3 Å². The van der Waals surface area contributed by atoms with E-state index in [0.29, 0.717) is 5.13 Å². The van der Waals surface area contributed by atoms with E-state index in [9.17, 15) is 4.79 Å². The average molecular weight is 356 g/mol. The van der Waals surface area contributed by atoms with Gasteiger partial charge in [-0.1, -0.05) is 25.5 Å². The number of anilines is 1. The third-order valence-corrected chi connectivity index (χ3v) is 5.22. The number of hydrogen-bond donors (Lipinski definition) is 1. The van der Waals surface area contributed by atoms with Gasteiger partial charge in [-0.15, -0.1) is 11.3 Å². The number of hydrogen-bond acceptors (Lipinski definition) is 4. The molecule has 132 valence electrons. The maximum Gasteiger partial charge on any atom is 0.250 e. The number of ether oxygens (including phenoxy) is 1. The predicted octanol–water partition coefficient (Wildman–Crippen LogP) is 4.85. The molecule has 4 nitrogen and oxygen atoms in total. The summed E-state index contributed by atoms with van der Waals surface area (Å²) in [5.74, 6) is 0.720. The number of carbonyl (C=O) groups is 1. The lowest BCUT2D eigenvalue weighted by Gasteiger charge is -2.06. The first kappa shape index (κ1) is 17.7. The van der Waals surface area contributed by atoms with Gasteiger partial charge in [0.15, 0.2) is 5.13 Å². The lowest BCUT2D eigenvalue weighted by Crippen LogP contribution is -2.07. The number of nitrogens with zero attached hydrogens (tertiary/aromatic N) is 1. The van der Waals surface area contributed by atoms with E-state index in [2.05, 4.69) is 17.2 Å². The summed E-state index contributed by atoms with van der Waals surface area (Å²) in [4.78, 5) is 17.9. The molecular formula is C20H24N2O2S. The summed E-state index contributed by atoms with van der Waals surface area (Å²) in [6.07, 6.45) is 10.1. The molecule has 0 radical (unpaired) electrons. The molecule has 0 saturated carbocycles. The fraction of sp³-hybridized carbons (Fsp3) is 0.400. The van der Waals surface area contributed by atoms with E-state index in [1.54, 1.807) is 23.5 Å². The van der Waals surface area contributed by atoms with Crippen LogP contribution in [-0.4, -0.2) is 17.5 Å². The van der Waals surface area contributed by atoms with Gasteiger partial charge in [-0.2, -0.15) is 0 Å². The number of fused-ring (bicyclic) bond motifs is 1. The summed E-state index contributed by atoms with van der Waals surface area (Å²) < 4.78 is 5.64. The number of aryl methyl sites for hydroxylation is 2. The van der Waals surface area contributed by atoms with Crippen molar-refractivity contribution in [3.63, 3.8) is 0 Å². The summed E-state index contributed by atoms with van der Waals surface area (Å²) in [5, 5.41) is 3.58. The molecule has 0 spiro atoms. The minimum absolute atomic E-state index is 0.144. The first-order valence-electron chi connectivity index (χ1n) is 8.95. The summed E-state index contributed by atoms with van der Waals surface area (Å²) in [7, 11) is 0. The smallest absolute Gasteiger partial charge is 0.250 e. The van der Waals surface area contributed by atoms with Crippen molar-refractivity contribution in [1.82, 2.24) is 4.98 Å². The number of amides is 1. The number of nitrogens with one attached hydrogen (secondary N) is 1. The zero-order valence-corrected chi connectivity index (χ0v) is 15.4. The molecule has 0 saturated heterocycles. The van der Waals surface area contributed by atoms with Gasteiger partial charge in [0.2, 0.25) is 5.91 Å². The van der Waals surface area contributed by atoms with Crippen LogP contribution in [0.4, 0.5) is 5.13 Å². The van der Waals surface area contributed by atoms with Crippen molar-refractivity contribution >= 4 is 28.5 Å². The minimum atomic E-state index is -0.144. The maximum atomic E-state index is 12.1. The SMILES string of the molecule is CCCCOc1ccc(/C=C/C(=O)Nc2nc3c(s2)CCCC3)cc1. The topological polar surface area (TPSA) is 51.2 Å². The van der Waals surface area contributed by atoms with Crippen LogP contribution >= 0.6 is 11.3 Å². The third-order valence-electron chi connectivity index (χ3n) is 4.15. The third kappa shape index (κ3) is 5.16. The molecule has 0 unspecified atom stereocenters. The highest BCUT2D eigenvalue weighted by Gasteiger charge is 2.15. The number of thiazole rings is 1. The number of rotatable bonds is 7. The Morgan fingerprint density at radius 3 is 2.84 bits per heavy atom. The van der Waals surface area contributed by atoms with E-state index < -0.39 is 0 Å². The molecule has 0 bridgehead atoms. The van der Waals surface area contributed by atoms with E-state index in [1.165, 1.54) is 17.7 Å². The molecule has 0 atom stereocenters. The number of benzene rings is 1. The molecule has 1 aromatic carbocycles. The largest absolute Gasteiger partial charge is 0.494 e. The highest BCUT2D eigenvalue weighted by Crippen LogP contribution is 2.29. The lowest BCUT2D eigenvalue weighted by atomic mass is 10.0. The van der Waals surface area contributed by atoms with Gasteiger partial charge >= 0.3 is 0 Å². The molecule has 1 N–H and O–H groups in total. The Labute approximate surface area is 152 Å². The van der Waals surface area contributed by atoms with Crippen LogP contribution in [-0.2, 0) is 17.6 Å². The van der Waals surface area contributed by atoms with Crippen LogP contribution in [0.3, 0.4) is 0 Å². The molecule has 1 aliphatic rings. The van der Waals surface area contributed by atoms with Gasteiger partial charge < -0.3 is 4.74 Å². The second-order valence-electron chi connectivity index (χ2n) is 6.19. The van der Waals surface area contributed by atoms with Gasteiger partial charge in [0.1, 0.15) is 5.75 Å². The van der Waals surface area contributed by atoms with Crippen molar-refractivity contribution < 1.29 is 9.53 Å². The van der Waals surface area contributed by atoms with Crippen molar-refractivity contribution in [2.75, 3.05) is 11.9 Å². The Morgan fingerprint density at radius 2 is 2.08 bits per heavy atom. The van der Waals surface area contributed by atoms with Crippen LogP contribution in [0.2, 0.25) is 0 Å². The highest BCUT2D eigenvalue weighted by molar-refractivity contribution is 7.15. The molecule has 25 heavy (non-hydrogen) atoms. The Morgan fingerprint density at radius 1 is 1.28 bits per heavy atom. The first-order valence-corrected chi connectivity index (χ1v) is 9.77. The molecular weight excluding hydrogens is 332 g/mol. The van der Waals surface area contributed by atoms with Gasteiger partial charge in [-0.25, -0.2) is 4.98 Å². The fourth-order valence-corrected chi connectivity index (χ4v) is 3.79. The quantitative estimate of drug-likeness (QED) is 0.570. The standard InChI is InChI=1S/C20H24N2O2S/c1-2-3-14-24-16-11-8-15(9-12-16)10-13-19(23)22-20-21-17-6-4-5-7-18(17)25-20/h8-13H,2-7,14H2,1H3,(H,21,22,23)/b13-10+. The second kappa shape index (κ2) is 8.81. The van der Waals surface area contributed by atoms with E-state index in [4.69, 9.17) is 4.74 Å². The molecule has 1 aliphatic carbocycles. The molecule has 1 amide bonds. The first-order chi connectivity index (χ1) is 12.2. The maximum absolute atomic E-state index is 12.1. The summed E-state index contributed by atoms with van der Waals surface area (Å²) >= 11 is 1.60. The van der Waals surface area contributed by atoms with Crippen LogP contribution in [0.5, 0.6) is 5.75 Å². The van der Waals surface area contributed by atoms with Crippen molar-refractivity contribution in [2.24, 2.45) is 0 Å². The zero-order valence-electron chi connectivity index (χ0n) is 14.6. The number of aromatic nitrogens is 1. The highest BCUT2D eigenvalue weighted by atomic mass is 32.1. The second-order valence-corrected chi connectivity index (χ2v) is 7.27. The fourth-order valence-electron chi connectivity index (χ4n) is 2.73. The molecule has 2 aromatic rings. The summed E-state index contributed by atoms with van der Waals surface area (Å²) in [6, 6.07) is 7.77. The van der Waals surface area contributed by atoms with Crippen LogP contribution in [0.15, 0.2) is 30.3 Å². The molecule has 0 aliphatic heterocycles. The molecule has 0 fully saturated rings. The number of unbranched alkanes of at least 4 members (excludes halogenated alkanes) is 1. The van der Waals surface area contributed by atoms with Crippen molar-refractivity contribution in [2.45, 2.75) is 45.4 Å². The molecule has 5 heteroatoms. The van der Waals surface area contributed by atoms with Crippen LogP contribution in [0.25, 0.3) is 6.08 Å². The number of carbonyl (C=O) groups excluding carboxylic acids is 1. The van der Waals surface area contributed by atoms with Crippen molar-refractivity contribution in [1.29, 1.82) is 0 Å². The van der Waals surface area contributed by atoms with E-state index in [1.807, 2.05) is 24.3 Å². The average Bonchev–Trinajstić information content (AvgIpc) is 3.03. The molecule has 1 heterocycles. The Balaban J connectivity index is 1.52. The van der Waals surface area contributed by atoms with Crippen LogP contribution in [0, 0.1) is 0 Å². The summed E-state index contributed by atoms with van der Waals surface area (Å²) in [6.45, 7) is 2.88. The summed E-state index contributed by atoms with van der Waals surface area (Å²) in [5.41, 5.74) is 2.13. The van der Waals surface area contributed by atoms with Crippen LogP contribution < -0.4 is 10.1 Å². The molecule has 3 rings (SSSR count). The lowest BCUT2D eigenvalue weighted by molar-refractivity contribution is -0.111. The predicted molar refractivity (Wildman–Crippen MR) is 103 cm³/mol. The van der Waals surface area contributed by atoms with E-state index >= 15 is 0 Å². The van der Waals surface area contributed by atoms with Crippen molar-refractivity contribution in [3.8, 4) is 5.75 Å². The normalized spacial score (nSPS) is 13.6. The van der Waals surface area contributed by atoms with Gasteiger partial charge in [0, 0.05) is 11.0 Å².